The van der Waals surface area contributed by atoms with E-state index in [9.17, 15) is 0 Å². The summed E-state index contributed by atoms with van der Waals surface area (Å²) in [5.74, 6) is 0. The topological polar surface area (TPSA) is 21.3 Å². The molecule has 1 fully saturated rings. The Balaban J connectivity index is 2.03. The van der Waals surface area contributed by atoms with Crippen LogP contribution in [0.1, 0.15) is 69.6 Å². The van der Waals surface area contributed by atoms with Gasteiger partial charge in [-0.15, -0.1) is 0 Å². The summed E-state index contributed by atoms with van der Waals surface area (Å²) in [4.78, 5) is 0. The van der Waals surface area contributed by atoms with Gasteiger partial charge in [-0.05, 0) is 25.3 Å². The predicted molar refractivity (Wildman–Crippen MR) is 89.6 cm³/mol. The fourth-order valence-corrected chi connectivity index (χ4v) is 3.07. The lowest BCUT2D eigenvalue weighted by atomic mass is 10.1. The van der Waals surface area contributed by atoms with E-state index in [4.69, 9.17) is 4.74 Å². The summed E-state index contributed by atoms with van der Waals surface area (Å²) in [5.41, 5.74) is 2.62. The lowest BCUT2D eigenvalue weighted by Crippen LogP contribution is -2.31. The summed E-state index contributed by atoms with van der Waals surface area (Å²) in [6, 6.07) is 9.26. The Morgan fingerprint density at radius 3 is 2.48 bits per heavy atom. The number of hydrogen-bond acceptors (Lipinski definition) is 2. The van der Waals surface area contributed by atoms with Crippen molar-refractivity contribution in [1.82, 2.24) is 5.32 Å². The average molecular weight is 289 g/mol. The van der Waals surface area contributed by atoms with Crippen LogP contribution in [0.5, 0.6) is 0 Å². The molecule has 1 unspecified atom stereocenters. The van der Waals surface area contributed by atoms with Crippen LogP contribution >= 0.6 is 0 Å². The number of aryl methyl sites for hydroxylation is 1. The fraction of sp³-hybridized carbons (Fsp3) is 0.684. The lowest BCUT2D eigenvalue weighted by molar-refractivity contribution is -0.0209. The Morgan fingerprint density at radius 2 is 1.86 bits per heavy atom. The summed E-state index contributed by atoms with van der Waals surface area (Å²) in [5, 5.41) is 3.54. The molecule has 0 amide bonds. The molecule has 0 aromatic heterocycles. The largest absolute Gasteiger partial charge is 0.369 e. The van der Waals surface area contributed by atoms with Crippen molar-refractivity contribution in [3.63, 3.8) is 0 Å². The van der Waals surface area contributed by atoms with Crippen LogP contribution in [0, 0.1) is 6.92 Å². The molecule has 0 heterocycles. The smallest absolute Gasteiger partial charge is 0.0953 e. The zero-order valence-corrected chi connectivity index (χ0v) is 13.9. The van der Waals surface area contributed by atoms with Gasteiger partial charge in [-0.1, -0.05) is 69.4 Å². The second-order valence-electron chi connectivity index (χ2n) is 6.72. The van der Waals surface area contributed by atoms with E-state index >= 15 is 0 Å². The first-order valence-electron chi connectivity index (χ1n) is 8.60. The number of ether oxygens (including phenoxy) is 1. The van der Waals surface area contributed by atoms with Crippen molar-refractivity contribution in [2.24, 2.45) is 0 Å². The second kappa shape index (κ2) is 8.55. The summed E-state index contributed by atoms with van der Waals surface area (Å²) in [7, 11) is 0. The number of hydrogen-bond donors (Lipinski definition) is 1. The van der Waals surface area contributed by atoms with Crippen molar-refractivity contribution < 1.29 is 4.74 Å². The Morgan fingerprint density at radius 1 is 1.14 bits per heavy atom. The minimum absolute atomic E-state index is 0.176. The van der Waals surface area contributed by atoms with Crippen LogP contribution in [-0.4, -0.2) is 18.7 Å². The van der Waals surface area contributed by atoms with Gasteiger partial charge in [0.15, 0.2) is 0 Å². The average Bonchev–Trinajstić information content (AvgIpc) is 2.71. The van der Waals surface area contributed by atoms with Crippen molar-refractivity contribution in [2.75, 3.05) is 6.54 Å². The summed E-state index contributed by atoms with van der Waals surface area (Å²) in [6.45, 7) is 7.44. The van der Waals surface area contributed by atoms with Crippen LogP contribution < -0.4 is 5.32 Å². The Hall–Kier alpha value is -0.860. The Labute approximate surface area is 130 Å². The highest BCUT2D eigenvalue weighted by Crippen LogP contribution is 2.26. The van der Waals surface area contributed by atoms with Gasteiger partial charge in [0.05, 0.1) is 12.2 Å². The molecule has 0 saturated heterocycles. The minimum atomic E-state index is 0.176. The monoisotopic (exact) mass is 289 g/mol. The molecule has 1 N–H and O–H groups in total. The van der Waals surface area contributed by atoms with Crippen LogP contribution in [-0.2, 0) is 4.74 Å². The normalized spacial score (nSPS) is 18.7. The highest BCUT2D eigenvalue weighted by Gasteiger charge is 2.20. The molecule has 0 spiro atoms. The molecule has 118 valence electrons. The highest BCUT2D eigenvalue weighted by atomic mass is 16.5. The maximum absolute atomic E-state index is 6.50. The molecule has 21 heavy (non-hydrogen) atoms. The molecule has 1 saturated carbocycles. The third kappa shape index (κ3) is 5.80. The van der Waals surface area contributed by atoms with Gasteiger partial charge in [0.25, 0.3) is 0 Å². The number of rotatable bonds is 6. The van der Waals surface area contributed by atoms with Gasteiger partial charge in [0.1, 0.15) is 0 Å². The Bertz CT molecular complexity index is 408. The van der Waals surface area contributed by atoms with Gasteiger partial charge in [-0.3, -0.25) is 0 Å². The van der Waals surface area contributed by atoms with E-state index < -0.39 is 0 Å². The maximum atomic E-state index is 6.50. The van der Waals surface area contributed by atoms with Crippen molar-refractivity contribution in [3.8, 4) is 0 Å². The molecule has 0 radical (unpaired) electrons. The maximum Gasteiger partial charge on any atom is 0.0953 e. The van der Waals surface area contributed by atoms with Crippen LogP contribution in [0.3, 0.4) is 0 Å². The molecule has 1 atom stereocenters. The number of benzene rings is 1. The van der Waals surface area contributed by atoms with Crippen molar-refractivity contribution in [1.29, 1.82) is 0 Å². The molecule has 1 aliphatic rings. The van der Waals surface area contributed by atoms with E-state index in [0.717, 1.165) is 6.54 Å². The molecule has 0 aliphatic heterocycles. The Kier molecular flexibility index (Phi) is 6.72. The third-order valence-electron chi connectivity index (χ3n) is 4.28. The van der Waals surface area contributed by atoms with Crippen LogP contribution in [0.4, 0.5) is 0 Å². The fourth-order valence-electron chi connectivity index (χ4n) is 3.07. The zero-order valence-electron chi connectivity index (χ0n) is 13.9. The highest BCUT2D eigenvalue weighted by molar-refractivity contribution is 5.24. The van der Waals surface area contributed by atoms with E-state index in [1.165, 1.54) is 49.7 Å². The van der Waals surface area contributed by atoms with Gasteiger partial charge in [0.2, 0.25) is 0 Å². The zero-order chi connectivity index (χ0) is 15.1. The molecule has 2 rings (SSSR count). The summed E-state index contributed by atoms with van der Waals surface area (Å²) >= 11 is 0. The van der Waals surface area contributed by atoms with Gasteiger partial charge >= 0.3 is 0 Å². The van der Waals surface area contributed by atoms with Gasteiger partial charge in [0, 0.05) is 12.6 Å². The van der Waals surface area contributed by atoms with E-state index in [0.29, 0.717) is 12.1 Å². The molecule has 2 nitrogen and oxygen atoms in total. The molecule has 1 aromatic carbocycles. The van der Waals surface area contributed by atoms with Crippen molar-refractivity contribution in [2.45, 2.75) is 77.5 Å². The van der Waals surface area contributed by atoms with E-state index in [2.05, 4.69) is 50.4 Å². The van der Waals surface area contributed by atoms with Gasteiger partial charge < -0.3 is 10.1 Å². The molecule has 1 aliphatic carbocycles. The molecule has 0 bridgehead atoms. The third-order valence-corrected chi connectivity index (χ3v) is 4.28. The first kappa shape index (κ1) is 16.5. The molecule has 2 heteroatoms. The summed E-state index contributed by atoms with van der Waals surface area (Å²) in [6.07, 6.45) is 8.46. The SMILES string of the molecule is Cc1cccc(C(CNC(C)C)OC2CCCCCC2)c1. The van der Waals surface area contributed by atoms with E-state index in [-0.39, 0.29) is 6.10 Å². The summed E-state index contributed by atoms with van der Waals surface area (Å²) < 4.78 is 6.50. The lowest BCUT2D eigenvalue weighted by Gasteiger charge is -2.26. The second-order valence-corrected chi connectivity index (χ2v) is 6.72. The van der Waals surface area contributed by atoms with E-state index in [1.54, 1.807) is 0 Å². The van der Waals surface area contributed by atoms with Crippen LogP contribution in [0.2, 0.25) is 0 Å². The van der Waals surface area contributed by atoms with Gasteiger partial charge in [-0.25, -0.2) is 0 Å². The van der Waals surface area contributed by atoms with Gasteiger partial charge in [-0.2, -0.15) is 0 Å². The van der Waals surface area contributed by atoms with E-state index in [1.807, 2.05) is 0 Å². The standard InChI is InChI=1S/C19H31NO/c1-15(2)20-14-19(17-10-8-9-16(3)13-17)21-18-11-6-4-5-7-12-18/h8-10,13,15,18-20H,4-7,11-12,14H2,1-3H3. The quantitative estimate of drug-likeness (QED) is 0.761. The van der Waals surface area contributed by atoms with Crippen LogP contribution in [0.25, 0.3) is 0 Å². The molecular weight excluding hydrogens is 258 g/mol. The van der Waals surface area contributed by atoms with Crippen LogP contribution in [0.15, 0.2) is 24.3 Å². The first-order valence-corrected chi connectivity index (χ1v) is 8.60. The first-order chi connectivity index (χ1) is 10.1. The molecular formula is C19H31NO. The predicted octanol–water partition coefficient (Wildman–Crippen LogP) is 4.77. The molecule has 1 aromatic rings. The minimum Gasteiger partial charge on any atom is -0.369 e. The van der Waals surface area contributed by atoms with Crippen molar-refractivity contribution in [3.05, 3.63) is 35.4 Å². The van der Waals surface area contributed by atoms with Crippen molar-refractivity contribution >= 4 is 0 Å². The number of nitrogens with one attached hydrogen (secondary N) is 1.